The summed E-state index contributed by atoms with van der Waals surface area (Å²) in [5.74, 6) is -0.00642. The van der Waals surface area contributed by atoms with E-state index in [9.17, 15) is 13.2 Å². The molecule has 0 unspecified atom stereocenters. The molecule has 1 aromatic heterocycles. The quantitative estimate of drug-likeness (QED) is 0.822. The fourth-order valence-electron chi connectivity index (χ4n) is 2.64. The molecule has 0 radical (unpaired) electrons. The molecule has 0 bridgehead atoms. The molecular formula is C16H19N3O3S2. The number of rotatable bonds is 4. The maximum atomic E-state index is 12.4. The summed E-state index contributed by atoms with van der Waals surface area (Å²) in [6.45, 7) is 1.58. The number of hydrogen-bond acceptors (Lipinski definition) is 5. The molecule has 8 heteroatoms. The van der Waals surface area contributed by atoms with Gasteiger partial charge in [-0.1, -0.05) is 30.3 Å². The van der Waals surface area contributed by atoms with Crippen LogP contribution in [0.3, 0.4) is 0 Å². The third kappa shape index (κ3) is 4.00. The molecule has 128 valence electrons. The summed E-state index contributed by atoms with van der Waals surface area (Å²) >= 11 is 1.53. The van der Waals surface area contributed by atoms with Gasteiger partial charge in [-0.05, 0) is 0 Å². The third-order valence-corrected chi connectivity index (χ3v) is 6.21. The van der Waals surface area contributed by atoms with E-state index in [0.717, 1.165) is 16.3 Å². The van der Waals surface area contributed by atoms with Crippen molar-refractivity contribution in [2.45, 2.75) is 6.42 Å². The fourth-order valence-corrected chi connectivity index (χ4v) is 4.29. The molecule has 6 nitrogen and oxygen atoms in total. The fraction of sp³-hybridized carbons (Fsp3) is 0.375. The van der Waals surface area contributed by atoms with Gasteiger partial charge in [0.25, 0.3) is 0 Å². The second-order valence-electron chi connectivity index (χ2n) is 5.73. The second kappa shape index (κ2) is 7.00. The van der Waals surface area contributed by atoms with Gasteiger partial charge in [0.15, 0.2) is 0 Å². The molecule has 0 atom stereocenters. The zero-order chi connectivity index (χ0) is 17.2. The van der Waals surface area contributed by atoms with Crippen molar-refractivity contribution in [2.75, 3.05) is 32.4 Å². The van der Waals surface area contributed by atoms with Crippen LogP contribution in [0, 0.1) is 0 Å². The highest BCUT2D eigenvalue weighted by molar-refractivity contribution is 7.88. The number of sulfonamides is 1. The minimum atomic E-state index is -3.18. The Morgan fingerprint density at radius 3 is 2.46 bits per heavy atom. The highest BCUT2D eigenvalue weighted by atomic mass is 32.2. The van der Waals surface area contributed by atoms with Crippen LogP contribution in [0.25, 0.3) is 10.6 Å². The molecule has 1 fully saturated rings. The molecule has 2 aromatic rings. The van der Waals surface area contributed by atoms with Crippen molar-refractivity contribution in [3.8, 4) is 10.6 Å². The van der Waals surface area contributed by atoms with E-state index in [1.165, 1.54) is 21.9 Å². The Labute approximate surface area is 145 Å². The molecule has 0 spiro atoms. The van der Waals surface area contributed by atoms with Crippen molar-refractivity contribution in [3.63, 3.8) is 0 Å². The van der Waals surface area contributed by atoms with E-state index in [4.69, 9.17) is 0 Å². The van der Waals surface area contributed by atoms with Gasteiger partial charge in [-0.25, -0.2) is 13.4 Å². The molecule has 0 N–H and O–H groups in total. The Kier molecular flexibility index (Phi) is 4.98. The Hall–Kier alpha value is -1.77. The number of piperazine rings is 1. The standard InChI is InChI=1S/C16H19N3O3S2/c1-24(21,22)19-9-7-18(8-10-19)15(20)11-14-12-23-16(17-14)13-5-3-2-4-6-13/h2-6,12H,7-11H2,1H3. The van der Waals surface area contributed by atoms with E-state index in [0.29, 0.717) is 26.2 Å². The smallest absolute Gasteiger partial charge is 0.228 e. The van der Waals surface area contributed by atoms with Crippen LogP contribution >= 0.6 is 11.3 Å². The van der Waals surface area contributed by atoms with E-state index in [-0.39, 0.29) is 12.3 Å². The highest BCUT2D eigenvalue weighted by Gasteiger charge is 2.26. The Morgan fingerprint density at radius 2 is 1.83 bits per heavy atom. The molecule has 1 amide bonds. The van der Waals surface area contributed by atoms with Gasteiger partial charge in [-0.15, -0.1) is 11.3 Å². The summed E-state index contributed by atoms with van der Waals surface area (Å²) in [6, 6.07) is 9.87. The van der Waals surface area contributed by atoms with Gasteiger partial charge in [0.05, 0.1) is 18.4 Å². The van der Waals surface area contributed by atoms with Crippen LogP contribution in [0.4, 0.5) is 0 Å². The number of aromatic nitrogens is 1. The predicted molar refractivity (Wildman–Crippen MR) is 94.3 cm³/mol. The summed E-state index contributed by atoms with van der Waals surface area (Å²) < 4.78 is 24.4. The number of thiazole rings is 1. The number of carbonyl (C=O) groups excluding carboxylic acids is 1. The number of benzene rings is 1. The molecule has 0 saturated carbocycles. The van der Waals surface area contributed by atoms with Crippen LogP contribution < -0.4 is 0 Å². The van der Waals surface area contributed by atoms with Gasteiger partial charge < -0.3 is 4.90 Å². The molecule has 1 aliphatic heterocycles. The molecule has 1 aliphatic rings. The molecule has 24 heavy (non-hydrogen) atoms. The lowest BCUT2D eigenvalue weighted by molar-refractivity contribution is -0.131. The number of carbonyl (C=O) groups is 1. The van der Waals surface area contributed by atoms with Crippen molar-refractivity contribution in [1.29, 1.82) is 0 Å². The predicted octanol–water partition coefficient (Wildman–Crippen LogP) is 1.46. The van der Waals surface area contributed by atoms with Gasteiger partial charge in [0, 0.05) is 37.1 Å². The van der Waals surface area contributed by atoms with E-state index in [1.807, 2.05) is 35.7 Å². The topological polar surface area (TPSA) is 70.6 Å². The second-order valence-corrected chi connectivity index (χ2v) is 8.57. The van der Waals surface area contributed by atoms with Crippen LogP contribution in [0.1, 0.15) is 5.69 Å². The summed E-state index contributed by atoms with van der Waals surface area (Å²) in [6.07, 6.45) is 1.45. The average Bonchev–Trinajstić information content (AvgIpc) is 3.03. The van der Waals surface area contributed by atoms with Gasteiger partial charge in [0.1, 0.15) is 5.01 Å². The van der Waals surface area contributed by atoms with Gasteiger partial charge in [0.2, 0.25) is 15.9 Å². The first-order chi connectivity index (χ1) is 11.4. The lowest BCUT2D eigenvalue weighted by Crippen LogP contribution is -2.50. The molecule has 1 aromatic carbocycles. The lowest BCUT2D eigenvalue weighted by atomic mass is 10.2. The van der Waals surface area contributed by atoms with Gasteiger partial charge >= 0.3 is 0 Å². The van der Waals surface area contributed by atoms with Crippen LogP contribution in [0.2, 0.25) is 0 Å². The molecule has 2 heterocycles. The van der Waals surface area contributed by atoms with Crippen molar-refractivity contribution in [2.24, 2.45) is 0 Å². The minimum Gasteiger partial charge on any atom is -0.340 e. The molecule has 0 aliphatic carbocycles. The van der Waals surface area contributed by atoms with Crippen molar-refractivity contribution in [3.05, 3.63) is 41.4 Å². The SMILES string of the molecule is CS(=O)(=O)N1CCN(C(=O)Cc2csc(-c3ccccc3)n2)CC1. The largest absolute Gasteiger partial charge is 0.340 e. The van der Waals surface area contributed by atoms with Crippen LogP contribution in [-0.4, -0.2) is 60.9 Å². The summed E-state index contributed by atoms with van der Waals surface area (Å²) in [7, 11) is -3.18. The minimum absolute atomic E-state index is 0.00642. The molecule has 1 saturated heterocycles. The van der Waals surface area contributed by atoms with Crippen LogP contribution in [-0.2, 0) is 21.2 Å². The Bertz CT molecular complexity index is 810. The summed E-state index contributed by atoms with van der Waals surface area (Å²) in [4.78, 5) is 18.6. The third-order valence-electron chi connectivity index (χ3n) is 3.97. The zero-order valence-electron chi connectivity index (χ0n) is 13.4. The summed E-state index contributed by atoms with van der Waals surface area (Å²) in [5.41, 5.74) is 1.80. The Morgan fingerprint density at radius 1 is 1.17 bits per heavy atom. The highest BCUT2D eigenvalue weighted by Crippen LogP contribution is 2.23. The van der Waals surface area contributed by atoms with E-state index >= 15 is 0 Å². The number of hydrogen-bond donors (Lipinski definition) is 0. The van der Waals surface area contributed by atoms with Crippen LogP contribution in [0.5, 0.6) is 0 Å². The maximum Gasteiger partial charge on any atom is 0.228 e. The number of amides is 1. The summed E-state index contributed by atoms with van der Waals surface area (Å²) in [5, 5.41) is 2.81. The molecular weight excluding hydrogens is 346 g/mol. The Balaban J connectivity index is 1.59. The maximum absolute atomic E-state index is 12.4. The van der Waals surface area contributed by atoms with Gasteiger partial charge in [-0.2, -0.15) is 4.31 Å². The van der Waals surface area contributed by atoms with E-state index < -0.39 is 10.0 Å². The molecule has 3 rings (SSSR count). The van der Waals surface area contributed by atoms with E-state index in [2.05, 4.69) is 4.98 Å². The number of nitrogens with zero attached hydrogens (tertiary/aromatic N) is 3. The van der Waals surface area contributed by atoms with Crippen molar-refractivity contribution >= 4 is 27.3 Å². The first-order valence-corrected chi connectivity index (χ1v) is 10.4. The first kappa shape index (κ1) is 17.1. The first-order valence-electron chi connectivity index (χ1n) is 7.66. The van der Waals surface area contributed by atoms with Crippen molar-refractivity contribution in [1.82, 2.24) is 14.2 Å². The lowest BCUT2D eigenvalue weighted by Gasteiger charge is -2.33. The van der Waals surface area contributed by atoms with E-state index in [1.54, 1.807) is 4.90 Å². The average molecular weight is 365 g/mol. The van der Waals surface area contributed by atoms with Gasteiger partial charge in [-0.3, -0.25) is 4.79 Å². The van der Waals surface area contributed by atoms with Crippen molar-refractivity contribution < 1.29 is 13.2 Å². The van der Waals surface area contributed by atoms with Crippen LogP contribution in [0.15, 0.2) is 35.7 Å². The normalized spacial score (nSPS) is 16.3. The monoisotopic (exact) mass is 365 g/mol. The zero-order valence-corrected chi connectivity index (χ0v) is 15.0.